The Hall–Kier alpha value is -3.43. The highest BCUT2D eigenvalue weighted by Gasteiger charge is 2.35. The monoisotopic (exact) mass is 441 g/mol. The van der Waals surface area contributed by atoms with Crippen molar-refractivity contribution in [1.82, 2.24) is 15.2 Å². The first kappa shape index (κ1) is 23.2. The SMILES string of the molecule is CC(CO)NC(=O)C1C=C2c3cccc4[nH]cc(c34)CC2N(C)C1.O=C(O)C=CC(=O)O. The number of aromatic amines is 1. The average Bonchev–Trinajstić information content (AvgIpc) is 3.17. The molecule has 170 valence electrons. The molecule has 9 heteroatoms. The molecule has 4 rings (SSSR count). The van der Waals surface area contributed by atoms with Crippen molar-refractivity contribution in [2.45, 2.75) is 25.4 Å². The summed E-state index contributed by atoms with van der Waals surface area (Å²) in [6.45, 7) is 2.47. The molecule has 2 aliphatic rings. The number of carboxylic acid groups (broad SMARTS) is 2. The zero-order valence-corrected chi connectivity index (χ0v) is 17.9. The number of aliphatic hydroxyl groups excluding tert-OH is 1. The van der Waals surface area contributed by atoms with Crippen LogP contribution in [-0.2, 0) is 20.8 Å². The molecule has 0 saturated carbocycles. The number of aliphatic carboxylic acids is 2. The number of carbonyl (C=O) groups excluding carboxylic acids is 1. The minimum atomic E-state index is -1.26. The Kier molecular flexibility index (Phi) is 7.12. The van der Waals surface area contributed by atoms with Crippen LogP contribution in [0.2, 0.25) is 0 Å². The van der Waals surface area contributed by atoms with E-state index in [1.54, 1.807) is 0 Å². The number of amides is 1. The largest absolute Gasteiger partial charge is 0.478 e. The van der Waals surface area contributed by atoms with Crippen LogP contribution in [0.5, 0.6) is 0 Å². The fourth-order valence-corrected chi connectivity index (χ4v) is 4.15. The van der Waals surface area contributed by atoms with E-state index in [1.807, 2.05) is 6.92 Å². The van der Waals surface area contributed by atoms with E-state index < -0.39 is 11.9 Å². The predicted molar refractivity (Wildman–Crippen MR) is 119 cm³/mol. The number of aromatic nitrogens is 1. The predicted octanol–water partition coefficient (Wildman–Crippen LogP) is 1.25. The third-order valence-corrected chi connectivity index (χ3v) is 5.64. The van der Waals surface area contributed by atoms with Crippen molar-refractivity contribution in [3.05, 3.63) is 53.8 Å². The smallest absolute Gasteiger partial charge is 0.328 e. The van der Waals surface area contributed by atoms with Crippen molar-refractivity contribution >= 4 is 34.3 Å². The van der Waals surface area contributed by atoms with Crippen LogP contribution in [0.4, 0.5) is 0 Å². The van der Waals surface area contributed by atoms with Gasteiger partial charge in [0.15, 0.2) is 0 Å². The van der Waals surface area contributed by atoms with Crippen molar-refractivity contribution in [2.24, 2.45) is 5.92 Å². The van der Waals surface area contributed by atoms with Gasteiger partial charge in [-0.15, -0.1) is 0 Å². The van der Waals surface area contributed by atoms with Gasteiger partial charge in [0.1, 0.15) is 0 Å². The Labute approximate surface area is 185 Å². The molecule has 0 saturated heterocycles. The molecule has 2 aromatic rings. The van der Waals surface area contributed by atoms with Crippen LogP contribution in [0, 0.1) is 5.92 Å². The molecular weight excluding hydrogens is 414 g/mol. The Morgan fingerprint density at radius 2 is 1.94 bits per heavy atom. The topological polar surface area (TPSA) is 143 Å². The number of nitrogens with zero attached hydrogens (tertiary/aromatic N) is 1. The first-order valence-electron chi connectivity index (χ1n) is 10.3. The standard InChI is InChI=1S/C19H23N3O2.C4H4O4/c1-11(10-23)21-19(24)13-6-15-14-4-3-5-16-18(14)12(8-20-16)7-17(15)22(2)9-13;5-3(6)1-2-4(7)8/h3-6,8,11,13,17,20,23H,7,9-10H2,1-2H3,(H,21,24);1-2H,(H,5,6)(H,7,8). The van der Waals surface area contributed by atoms with E-state index in [-0.39, 0.29) is 24.5 Å². The molecule has 0 fully saturated rings. The van der Waals surface area contributed by atoms with Crippen LogP contribution in [0.3, 0.4) is 0 Å². The fourth-order valence-electron chi connectivity index (χ4n) is 4.15. The third kappa shape index (κ3) is 5.06. The lowest BCUT2D eigenvalue weighted by molar-refractivity contribution is -0.134. The van der Waals surface area contributed by atoms with Crippen molar-refractivity contribution in [1.29, 1.82) is 0 Å². The number of aliphatic hydroxyl groups is 1. The second kappa shape index (κ2) is 9.80. The van der Waals surface area contributed by atoms with Gasteiger partial charge in [0.2, 0.25) is 5.91 Å². The summed E-state index contributed by atoms with van der Waals surface area (Å²) < 4.78 is 0. The van der Waals surface area contributed by atoms with Crippen LogP contribution in [0.25, 0.3) is 16.5 Å². The van der Waals surface area contributed by atoms with Gasteiger partial charge < -0.3 is 25.6 Å². The molecular formula is C23H27N3O6. The number of benzene rings is 1. The van der Waals surface area contributed by atoms with E-state index in [2.05, 4.69) is 52.7 Å². The van der Waals surface area contributed by atoms with Crippen LogP contribution in [-0.4, -0.2) is 75.3 Å². The van der Waals surface area contributed by atoms with Gasteiger partial charge in [0, 0.05) is 47.9 Å². The molecule has 1 aromatic carbocycles. The quantitative estimate of drug-likeness (QED) is 0.439. The average molecular weight is 441 g/mol. The normalized spacial score (nSPS) is 20.7. The molecule has 1 aliphatic carbocycles. The lowest BCUT2D eigenvalue weighted by atomic mass is 9.80. The van der Waals surface area contributed by atoms with E-state index in [1.165, 1.54) is 22.1 Å². The van der Waals surface area contributed by atoms with Gasteiger partial charge in [-0.3, -0.25) is 9.69 Å². The highest BCUT2D eigenvalue weighted by atomic mass is 16.4. The van der Waals surface area contributed by atoms with Gasteiger partial charge in [-0.1, -0.05) is 18.2 Å². The summed E-state index contributed by atoms with van der Waals surface area (Å²) in [6, 6.07) is 6.42. The van der Waals surface area contributed by atoms with Gasteiger partial charge in [-0.25, -0.2) is 9.59 Å². The molecule has 32 heavy (non-hydrogen) atoms. The number of carbonyl (C=O) groups is 3. The number of H-pyrrole nitrogens is 1. The maximum Gasteiger partial charge on any atom is 0.328 e. The summed E-state index contributed by atoms with van der Waals surface area (Å²) in [5.41, 5.74) is 4.99. The molecule has 2 heterocycles. The van der Waals surface area contributed by atoms with Gasteiger partial charge in [0.25, 0.3) is 0 Å². The van der Waals surface area contributed by atoms with Gasteiger partial charge in [-0.2, -0.15) is 0 Å². The van der Waals surface area contributed by atoms with E-state index in [9.17, 15) is 14.4 Å². The van der Waals surface area contributed by atoms with Crippen LogP contribution in [0.1, 0.15) is 18.1 Å². The van der Waals surface area contributed by atoms with Crippen molar-refractivity contribution < 1.29 is 29.7 Å². The summed E-state index contributed by atoms with van der Waals surface area (Å²) in [6.07, 6.45) is 6.33. The third-order valence-electron chi connectivity index (χ3n) is 5.64. The second-order valence-electron chi connectivity index (χ2n) is 8.03. The lowest BCUT2D eigenvalue weighted by Crippen LogP contribution is -2.48. The number of nitrogens with one attached hydrogen (secondary N) is 2. The lowest BCUT2D eigenvalue weighted by Gasteiger charge is -2.39. The Balaban J connectivity index is 0.000000312. The molecule has 1 amide bonds. The minimum Gasteiger partial charge on any atom is -0.478 e. The number of hydrogen-bond donors (Lipinski definition) is 5. The van der Waals surface area contributed by atoms with Gasteiger partial charge in [0.05, 0.1) is 12.5 Å². The number of rotatable bonds is 5. The van der Waals surface area contributed by atoms with E-state index in [0.29, 0.717) is 24.7 Å². The van der Waals surface area contributed by atoms with Crippen LogP contribution < -0.4 is 5.32 Å². The Morgan fingerprint density at radius 1 is 1.25 bits per heavy atom. The fraction of sp³-hybridized carbons (Fsp3) is 0.348. The highest BCUT2D eigenvalue weighted by Crippen LogP contribution is 2.40. The zero-order valence-electron chi connectivity index (χ0n) is 17.9. The molecule has 0 bridgehead atoms. The van der Waals surface area contributed by atoms with Gasteiger partial charge in [-0.05, 0) is 43.2 Å². The molecule has 0 spiro atoms. The zero-order chi connectivity index (χ0) is 23.4. The van der Waals surface area contributed by atoms with E-state index in [4.69, 9.17) is 15.3 Å². The number of carboxylic acids is 2. The molecule has 0 radical (unpaired) electrons. The Bertz CT molecular complexity index is 1070. The molecule has 5 N–H and O–H groups in total. The number of likely N-dealkylation sites (N-methyl/N-ethyl adjacent to an activating group) is 1. The maximum atomic E-state index is 12.5. The first-order valence-corrected chi connectivity index (χ1v) is 10.3. The van der Waals surface area contributed by atoms with Crippen LogP contribution in [0.15, 0.2) is 42.6 Å². The molecule has 9 nitrogen and oxygen atoms in total. The molecule has 3 unspecified atom stereocenters. The molecule has 1 aliphatic heterocycles. The maximum absolute atomic E-state index is 12.5. The second-order valence-corrected chi connectivity index (χ2v) is 8.03. The summed E-state index contributed by atoms with van der Waals surface area (Å²) in [7, 11) is 2.09. The van der Waals surface area contributed by atoms with E-state index in [0.717, 1.165) is 11.9 Å². The van der Waals surface area contributed by atoms with Crippen LogP contribution >= 0.6 is 0 Å². The van der Waals surface area contributed by atoms with Crippen molar-refractivity contribution in [3.8, 4) is 0 Å². The summed E-state index contributed by atoms with van der Waals surface area (Å²) >= 11 is 0. The molecule has 3 atom stereocenters. The Morgan fingerprint density at radius 3 is 2.56 bits per heavy atom. The molecule has 1 aromatic heterocycles. The van der Waals surface area contributed by atoms with Crippen molar-refractivity contribution in [3.63, 3.8) is 0 Å². The van der Waals surface area contributed by atoms with Crippen molar-refractivity contribution in [2.75, 3.05) is 20.2 Å². The minimum absolute atomic E-state index is 0.0126. The van der Waals surface area contributed by atoms with Gasteiger partial charge >= 0.3 is 11.9 Å². The summed E-state index contributed by atoms with van der Waals surface area (Å²) in [5, 5.41) is 29.0. The van der Waals surface area contributed by atoms with E-state index >= 15 is 0 Å². The highest BCUT2D eigenvalue weighted by molar-refractivity contribution is 5.99. The number of hydrogen-bond acceptors (Lipinski definition) is 5. The summed E-state index contributed by atoms with van der Waals surface area (Å²) in [5.74, 6) is -2.72. The number of fused-ring (bicyclic) bond motifs is 2. The first-order chi connectivity index (χ1) is 15.2. The summed E-state index contributed by atoms with van der Waals surface area (Å²) in [4.78, 5) is 37.3.